The average Bonchev–Trinajstić information content (AvgIpc) is 3.01. The van der Waals surface area contributed by atoms with Crippen molar-refractivity contribution in [3.8, 4) is 0 Å². The maximum absolute atomic E-state index is 7.13. The molecule has 0 heterocycles. The lowest BCUT2D eigenvalue weighted by molar-refractivity contribution is 0.0783. The Morgan fingerprint density at radius 2 is 0.684 bits per heavy atom. The number of hydrogen-bond acceptors (Lipinski definition) is 2. The van der Waals surface area contributed by atoms with E-state index < -0.39 is 16.6 Å². The first-order valence-electron chi connectivity index (χ1n) is 13.5. The molecule has 0 spiro atoms. The van der Waals surface area contributed by atoms with Gasteiger partial charge in [-0.25, -0.2) is 0 Å². The Labute approximate surface area is 229 Å². The standard InChI is InChI=1S/C34H36O2Si2/c1-3-37(31-17-9-5-10-18-31,32-19-11-6-12-20-32)35-29-25-27-30(28-26-29)36-38(4-2,33-21-13-7-14-22-33)34-23-15-8-16-24-34/h3-24,29-30H,1-2,25-28H2. The second-order valence-corrected chi connectivity index (χ2v) is 16.5. The van der Waals surface area contributed by atoms with Crippen molar-refractivity contribution in [1.82, 2.24) is 0 Å². The van der Waals surface area contributed by atoms with E-state index in [0.29, 0.717) is 0 Å². The monoisotopic (exact) mass is 532 g/mol. The smallest absolute Gasteiger partial charge is 0.280 e. The number of benzene rings is 4. The molecule has 38 heavy (non-hydrogen) atoms. The topological polar surface area (TPSA) is 18.5 Å². The van der Waals surface area contributed by atoms with Gasteiger partial charge < -0.3 is 8.85 Å². The van der Waals surface area contributed by atoms with Crippen LogP contribution in [0.15, 0.2) is 146 Å². The van der Waals surface area contributed by atoms with Crippen LogP contribution in [0.5, 0.6) is 0 Å². The van der Waals surface area contributed by atoms with Crippen LogP contribution in [-0.4, -0.2) is 28.8 Å². The van der Waals surface area contributed by atoms with Gasteiger partial charge in [0.2, 0.25) is 0 Å². The van der Waals surface area contributed by atoms with Crippen molar-refractivity contribution >= 4 is 37.4 Å². The summed E-state index contributed by atoms with van der Waals surface area (Å²) in [7, 11) is -5.15. The summed E-state index contributed by atoms with van der Waals surface area (Å²) in [5, 5.41) is 4.97. The average molecular weight is 533 g/mol. The lowest BCUT2D eigenvalue weighted by Crippen LogP contribution is -2.62. The van der Waals surface area contributed by atoms with Crippen molar-refractivity contribution in [2.24, 2.45) is 0 Å². The summed E-state index contributed by atoms with van der Waals surface area (Å²) in [6.45, 7) is 8.60. The van der Waals surface area contributed by atoms with E-state index in [1.165, 1.54) is 20.7 Å². The van der Waals surface area contributed by atoms with Crippen LogP contribution < -0.4 is 20.7 Å². The molecule has 1 saturated carbocycles. The van der Waals surface area contributed by atoms with E-state index in [1.54, 1.807) is 0 Å². The SMILES string of the molecule is C=C[Si](OC1CCC(O[Si](C=C)(c2ccccc2)c2ccccc2)CC1)(c1ccccc1)c1ccccc1. The molecule has 0 aliphatic heterocycles. The Balaban J connectivity index is 1.37. The molecule has 0 atom stereocenters. The van der Waals surface area contributed by atoms with E-state index in [1.807, 2.05) is 0 Å². The molecule has 4 heteroatoms. The molecular formula is C34H36O2Si2. The van der Waals surface area contributed by atoms with E-state index in [4.69, 9.17) is 8.85 Å². The second-order valence-electron chi connectivity index (χ2n) is 9.98. The molecule has 0 unspecified atom stereocenters. The van der Waals surface area contributed by atoms with Gasteiger partial charge in [0.05, 0.1) is 0 Å². The summed E-state index contributed by atoms with van der Waals surface area (Å²) in [5.74, 6) is 0. The Kier molecular flexibility index (Phi) is 8.35. The third-order valence-electron chi connectivity index (χ3n) is 7.71. The van der Waals surface area contributed by atoms with Gasteiger partial charge in [0.1, 0.15) is 0 Å². The fourth-order valence-corrected chi connectivity index (χ4v) is 12.3. The molecule has 1 aliphatic rings. The predicted octanol–water partition coefficient (Wildman–Crippen LogP) is 5.30. The second kappa shape index (κ2) is 12.1. The van der Waals surface area contributed by atoms with E-state index in [0.717, 1.165) is 25.7 Å². The molecule has 2 nitrogen and oxygen atoms in total. The van der Waals surface area contributed by atoms with Crippen molar-refractivity contribution in [2.45, 2.75) is 37.9 Å². The molecule has 5 rings (SSSR count). The molecule has 1 fully saturated rings. The largest absolute Gasteiger partial charge is 0.402 e. The van der Waals surface area contributed by atoms with Gasteiger partial charge in [0.15, 0.2) is 0 Å². The van der Waals surface area contributed by atoms with E-state index in [-0.39, 0.29) is 12.2 Å². The number of rotatable bonds is 10. The Bertz CT molecular complexity index is 1120. The summed E-state index contributed by atoms with van der Waals surface area (Å²) >= 11 is 0. The van der Waals surface area contributed by atoms with Gasteiger partial charge >= 0.3 is 0 Å². The van der Waals surface area contributed by atoms with Crippen molar-refractivity contribution in [1.29, 1.82) is 0 Å². The summed E-state index contributed by atoms with van der Waals surface area (Å²) < 4.78 is 14.3. The van der Waals surface area contributed by atoms with Gasteiger partial charge in [-0.2, -0.15) is 0 Å². The van der Waals surface area contributed by atoms with E-state index in [2.05, 4.69) is 146 Å². The maximum atomic E-state index is 7.13. The van der Waals surface area contributed by atoms with Crippen LogP contribution >= 0.6 is 0 Å². The highest BCUT2D eigenvalue weighted by atomic mass is 28.4. The van der Waals surface area contributed by atoms with Crippen LogP contribution in [0.25, 0.3) is 0 Å². The van der Waals surface area contributed by atoms with Crippen LogP contribution in [0, 0.1) is 0 Å². The zero-order chi connectivity index (χ0) is 26.3. The van der Waals surface area contributed by atoms with Gasteiger partial charge in [-0.3, -0.25) is 0 Å². The molecular weight excluding hydrogens is 497 g/mol. The molecule has 0 bridgehead atoms. The summed E-state index contributed by atoms with van der Waals surface area (Å²) in [4.78, 5) is 0. The molecule has 0 radical (unpaired) electrons. The van der Waals surface area contributed by atoms with Gasteiger partial charge in [0, 0.05) is 12.2 Å². The summed E-state index contributed by atoms with van der Waals surface area (Å²) in [6.07, 6.45) is 4.23. The Morgan fingerprint density at radius 1 is 0.447 bits per heavy atom. The van der Waals surface area contributed by atoms with Gasteiger partial charge in [0.25, 0.3) is 16.6 Å². The molecule has 192 valence electrons. The van der Waals surface area contributed by atoms with Gasteiger partial charge in [-0.1, -0.05) is 133 Å². The van der Waals surface area contributed by atoms with E-state index >= 15 is 0 Å². The molecule has 4 aromatic carbocycles. The summed E-state index contributed by atoms with van der Waals surface area (Å²) in [5.41, 5.74) is 4.20. The quantitative estimate of drug-likeness (QED) is 0.258. The van der Waals surface area contributed by atoms with E-state index in [9.17, 15) is 0 Å². The molecule has 0 aromatic heterocycles. The molecule has 4 aromatic rings. The minimum absolute atomic E-state index is 0.174. The Morgan fingerprint density at radius 3 is 0.895 bits per heavy atom. The van der Waals surface area contributed by atoms with Gasteiger partial charge in [-0.15, -0.1) is 13.2 Å². The van der Waals surface area contributed by atoms with Crippen molar-refractivity contribution in [3.63, 3.8) is 0 Å². The van der Waals surface area contributed by atoms with Crippen LogP contribution in [0.2, 0.25) is 0 Å². The fourth-order valence-electron chi connectivity index (χ4n) is 5.71. The summed E-state index contributed by atoms with van der Waals surface area (Å²) in [6, 6.07) is 42.6. The minimum Gasteiger partial charge on any atom is -0.402 e. The molecule has 0 N–H and O–H groups in total. The molecule has 0 saturated heterocycles. The first kappa shape index (κ1) is 26.3. The van der Waals surface area contributed by atoms with Gasteiger partial charge in [-0.05, 0) is 46.4 Å². The zero-order valence-corrected chi connectivity index (χ0v) is 23.9. The third-order valence-corrected chi connectivity index (χ3v) is 15.0. The first-order valence-corrected chi connectivity index (χ1v) is 17.5. The third kappa shape index (κ3) is 5.31. The highest BCUT2D eigenvalue weighted by Gasteiger charge is 2.42. The minimum atomic E-state index is -2.57. The van der Waals surface area contributed by atoms with Crippen molar-refractivity contribution in [3.05, 3.63) is 146 Å². The Hall–Kier alpha value is -3.29. The highest BCUT2D eigenvalue weighted by molar-refractivity contribution is 7.01. The van der Waals surface area contributed by atoms with Crippen LogP contribution in [0.4, 0.5) is 0 Å². The van der Waals surface area contributed by atoms with Crippen molar-refractivity contribution < 1.29 is 8.85 Å². The highest BCUT2D eigenvalue weighted by Crippen LogP contribution is 2.29. The zero-order valence-electron chi connectivity index (χ0n) is 21.9. The molecule has 0 amide bonds. The first-order chi connectivity index (χ1) is 18.7. The fraction of sp³-hybridized carbons (Fsp3) is 0.176. The maximum Gasteiger partial charge on any atom is 0.280 e. The number of hydrogen-bond donors (Lipinski definition) is 0. The normalized spacial score (nSPS) is 18.0. The lowest BCUT2D eigenvalue weighted by atomic mass is 9.95. The molecule has 1 aliphatic carbocycles. The predicted molar refractivity (Wildman–Crippen MR) is 164 cm³/mol. The van der Waals surface area contributed by atoms with Crippen LogP contribution in [0.3, 0.4) is 0 Å². The van der Waals surface area contributed by atoms with Crippen LogP contribution in [0.1, 0.15) is 25.7 Å². The van der Waals surface area contributed by atoms with Crippen LogP contribution in [-0.2, 0) is 8.85 Å². The van der Waals surface area contributed by atoms with Crippen molar-refractivity contribution in [2.75, 3.05) is 0 Å². The lowest BCUT2D eigenvalue weighted by Gasteiger charge is -2.40.